The molecule has 0 unspecified atom stereocenters. The van der Waals surface area contributed by atoms with Crippen molar-refractivity contribution < 1.29 is 0 Å². The quantitative estimate of drug-likeness (QED) is 0.893. The standard InChI is InChI=1S/C9H14BrNS.ClH/c1-6(2)5-8(11)9-7(10)3-4-12-9;/h3-4,6,8H,5,11H2,1-2H3;1H/t8-;/m0./s1. The van der Waals surface area contributed by atoms with Crippen LogP contribution in [0, 0.1) is 5.92 Å². The summed E-state index contributed by atoms with van der Waals surface area (Å²) in [6.07, 6.45) is 1.05. The van der Waals surface area contributed by atoms with Crippen LogP contribution in [0.2, 0.25) is 0 Å². The summed E-state index contributed by atoms with van der Waals surface area (Å²) in [5, 5.41) is 2.07. The number of thiophene rings is 1. The fourth-order valence-corrected chi connectivity index (χ4v) is 2.87. The lowest BCUT2D eigenvalue weighted by Crippen LogP contribution is -2.11. The normalized spacial score (nSPS) is 12.7. The molecule has 0 saturated carbocycles. The Kier molecular flexibility index (Phi) is 6.21. The topological polar surface area (TPSA) is 26.0 Å². The molecular formula is C9H15BrClNS. The van der Waals surface area contributed by atoms with E-state index in [2.05, 4.69) is 41.2 Å². The highest BCUT2D eigenvalue weighted by Crippen LogP contribution is 2.30. The van der Waals surface area contributed by atoms with Crippen molar-refractivity contribution in [3.63, 3.8) is 0 Å². The van der Waals surface area contributed by atoms with Crippen LogP contribution in [-0.4, -0.2) is 0 Å². The third-order valence-corrected chi connectivity index (χ3v) is 3.71. The van der Waals surface area contributed by atoms with Crippen molar-refractivity contribution in [3.8, 4) is 0 Å². The van der Waals surface area contributed by atoms with E-state index in [0.29, 0.717) is 5.92 Å². The van der Waals surface area contributed by atoms with Gasteiger partial charge < -0.3 is 5.73 Å². The van der Waals surface area contributed by atoms with Gasteiger partial charge in [0.05, 0.1) is 0 Å². The maximum Gasteiger partial charge on any atom is 0.0403 e. The van der Waals surface area contributed by atoms with Crippen LogP contribution in [-0.2, 0) is 0 Å². The van der Waals surface area contributed by atoms with Crippen LogP contribution >= 0.6 is 39.7 Å². The van der Waals surface area contributed by atoms with Crippen LogP contribution in [0.5, 0.6) is 0 Å². The average molecular weight is 285 g/mol. The average Bonchev–Trinajstić information content (AvgIpc) is 2.33. The molecule has 1 atom stereocenters. The van der Waals surface area contributed by atoms with E-state index < -0.39 is 0 Å². The third kappa shape index (κ3) is 3.98. The van der Waals surface area contributed by atoms with E-state index in [-0.39, 0.29) is 18.4 Å². The first-order valence-electron chi connectivity index (χ1n) is 4.09. The number of hydrogen-bond acceptors (Lipinski definition) is 2. The lowest BCUT2D eigenvalue weighted by atomic mass is 10.0. The molecule has 1 rings (SSSR count). The van der Waals surface area contributed by atoms with E-state index >= 15 is 0 Å². The van der Waals surface area contributed by atoms with Crippen LogP contribution in [0.4, 0.5) is 0 Å². The van der Waals surface area contributed by atoms with E-state index in [4.69, 9.17) is 5.73 Å². The summed E-state index contributed by atoms with van der Waals surface area (Å²) in [5.74, 6) is 0.661. The van der Waals surface area contributed by atoms with Crippen molar-refractivity contribution in [1.82, 2.24) is 0 Å². The van der Waals surface area contributed by atoms with Crippen molar-refractivity contribution in [2.45, 2.75) is 26.3 Å². The molecule has 0 spiro atoms. The molecule has 1 heterocycles. The maximum absolute atomic E-state index is 6.02. The van der Waals surface area contributed by atoms with Crippen molar-refractivity contribution in [2.24, 2.45) is 11.7 Å². The van der Waals surface area contributed by atoms with Crippen molar-refractivity contribution in [3.05, 3.63) is 20.8 Å². The summed E-state index contributed by atoms with van der Waals surface area (Å²) in [6, 6.07) is 2.25. The molecule has 0 saturated heterocycles. The minimum absolute atomic E-state index is 0. The van der Waals surface area contributed by atoms with E-state index in [1.54, 1.807) is 11.3 Å². The van der Waals surface area contributed by atoms with Crippen LogP contribution in [0.3, 0.4) is 0 Å². The predicted octanol–water partition coefficient (Wildman–Crippen LogP) is 3.98. The Hall–Kier alpha value is 0.430. The van der Waals surface area contributed by atoms with Gasteiger partial charge in [0, 0.05) is 15.4 Å². The van der Waals surface area contributed by atoms with E-state index in [1.807, 2.05) is 0 Å². The minimum atomic E-state index is 0. The molecular weight excluding hydrogens is 270 g/mol. The molecule has 2 N–H and O–H groups in total. The zero-order chi connectivity index (χ0) is 9.14. The Balaban J connectivity index is 0.00000144. The number of halogens is 2. The van der Waals surface area contributed by atoms with Gasteiger partial charge in [-0.1, -0.05) is 13.8 Å². The van der Waals surface area contributed by atoms with E-state index in [1.165, 1.54) is 4.88 Å². The fraction of sp³-hybridized carbons (Fsp3) is 0.556. The first kappa shape index (κ1) is 13.4. The molecule has 13 heavy (non-hydrogen) atoms. The Labute approximate surface area is 98.3 Å². The lowest BCUT2D eigenvalue weighted by Gasteiger charge is -2.12. The Bertz CT molecular complexity index is 250. The van der Waals surface area contributed by atoms with Crippen LogP contribution < -0.4 is 5.73 Å². The molecule has 76 valence electrons. The molecule has 0 aliphatic carbocycles. The Morgan fingerprint density at radius 1 is 1.54 bits per heavy atom. The van der Waals surface area contributed by atoms with Crippen molar-refractivity contribution >= 4 is 39.7 Å². The van der Waals surface area contributed by atoms with E-state index in [9.17, 15) is 0 Å². The van der Waals surface area contributed by atoms with Gasteiger partial charge in [-0.25, -0.2) is 0 Å². The largest absolute Gasteiger partial charge is 0.323 e. The molecule has 0 bridgehead atoms. The molecule has 0 fully saturated rings. The monoisotopic (exact) mass is 283 g/mol. The van der Waals surface area contributed by atoms with Crippen molar-refractivity contribution in [1.29, 1.82) is 0 Å². The zero-order valence-electron chi connectivity index (χ0n) is 7.79. The zero-order valence-corrected chi connectivity index (χ0v) is 11.0. The van der Waals surface area contributed by atoms with Gasteiger partial charge in [-0.2, -0.15) is 0 Å². The lowest BCUT2D eigenvalue weighted by molar-refractivity contribution is 0.514. The first-order chi connectivity index (χ1) is 5.61. The first-order valence-corrected chi connectivity index (χ1v) is 5.77. The minimum Gasteiger partial charge on any atom is -0.323 e. The summed E-state index contributed by atoms with van der Waals surface area (Å²) < 4.78 is 1.15. The predicted molar refractivity (Wildman–Crippen MR) is 65.7 cm³/mol. The second-order valence-electron chi connectivity index (χ2n) is 3.37. The summed E-state index contributed by atoms with van der Waals surface area (Å²) in [5.41, 5.74) is 6.02. The second kappa shape index (κ2) is 6.02. The molecule has 0 aliphatic heterocycles. The van der Waals surface area contributed by atoms with Gasteiger partial charge in [-0.3, -0.25) is 0 Å². The smallest absolute Gasteiger partial charge is 0.0403 e. The van der Waals surface area contributed by atoms with Crippen LogP contribution in [0.15, 0.2) is 15.9 Å². The highest BCUT2D eigenvalue weighted by Gasteiger charge is 2.12. The number of hydrogen-bond donors (Lipinski definition) is 1. The third-order valence-electron chi connectivity index (χ3n) is 1.71. The molecule has 1 aromatic heterocycles. The maximum atomic E-state index is 6.02. The molecule has 4 heteroatoms. The van der Waals surface area contributed by atoms with Crippen LogP contribution in [0.25, 0.3) is 0 Å². The molecule has 1 nitrogen and oxygen atoms in total. The van der Waals surface area contributed by atoms with Gasteiger partial charge in [0.2, 0.25) is 0 Å². The molecule has 0 aromatic carbocycles. The summed E-state index contributed by atoms with van der Waals surface area (Å²) >= 11 is 5.21. The Morgan fingerprint density at radius 2 is 2.15 bits per heavy atom. The summed E-state index contributed by atoms with van der Waals surface area (Å²) in [4.78, 5) is 1.27. The van der Waals surface area contributed by atoms with Gasteiger partial charge in [0.1, 0.15) is 0 Å². The molecule has 0 amide bonds. The highest BCUT2D eigenvalue weighted by atomic mass is 79.9. The Morgan fingerprint density at radius 3 is 2.54 bits per heavy atom. The second-order valence-corrected chi connectivity index (χ2v) is 5.17. The summed E-state index contributed by atoms with van der Waals surface area (Å²) in [6.45, 7) is 4.39. The van der Waals surface area contributed by atoms with Gasteiger partial charge in [0.25, 0.3) is 0 Å². The van der Waals surface area contributed by atoms with Gasteiger partial charge in [-0.05, 0) is 39.7 Å². The SMILES string of the molecule is CC(C)C[C@H](N)c1sccc1Br.Cl. The highest BCUT2D eigenvalue weighted by molar-refractivity contribution is 9.10. The van der Waals surface area contributed by atoms with E-state index in [0.717, 1.165) is 10.9 Å². The molecule has 0 aliphatic rings. The van der Waals surface area contributed by atoms with Gasteiger partial charge in [-0.15, -0.1) is 23.7 Å². The number of nitrogens with two attached hydrogens (primary N) is 1. The van der Waals surface area contributed by atoms with Crippen molar-refractivity contribution in [2.75, 3.05) is 0 Å². The van der Waals surface area contributed by atoms with Crippen LogP contribution in [0.1, 0.15) is 31.2 Å². The van der Waals surface area contributed by atoms with Gasteiger partial charge >= 0.3 is 0 Å². The van der Waals surface area contributed by atoms with Gasteiger partial charge in [0.15, 0.2) is 0 Å². The molecule has 0 radical (unpaired) electrons. The number of rotatable bonds is 3. The summed E-state index contributed by atoms with van der Waals surface area (Å²) in [7, 11) is 0. The molecule has 1 aromatic rings. The fourth-order valence-electron chi connectivity index (χ4n) is 1.18.